The molecule has 0 aliphatic heterocycles. The number of ether oxygens (including phenoxy) is 2. The molecule has 0 aliphatic carbocycles. The Labute approximate surface area is 539 Å². The number of benzene rings is 8. The second kappa shape index (κ2) is 30.4. The van der Waals surface area contributed by atoms with Crippen molar-refractivity contribution in [2.75, 3.05) is 0 Å². The molecule has 8 rings (SSSR count). The van der Waals surface area contributed by atoms with E-state index in [2.05, 4.69) is 19.5 Å². The standard InChI is InChI=1S/C31H19F9N2O2.C27H25F5N2O2S.C9H6ClF3O/c32-23-13-22(14-24(15-23)44-31(39,40)28(34)35)29(16-18-4-2-1-3-5-18,21-9-6-19(17-41)7-10-21)42-27(43)20-8-11-26(33)25(12-20)30(36,37)38;1-25(2,3)37(35)34-26(16-18-7-5-4-6-8-18,20-11-9-19(17-33)10-12-20)21-13-22(28)15-23(14-21)36-27(31,32)24(29)30;1-5-2-3-6(8(10)14)4-7(5)9(11,12)13/h1-15,28H,16H2,(H,42,43);4-15,24,34H,16H2,1-3H3;2-4H,1H3/t29-;26-,37?;/m11./s1. The summed E-state index contributed by atoms with van der Waals surface area (Å²) < 4.78 is 252. The number of amides is 1. The molecule has 2 N–H and O–H groups in total. The van der Waals surface area contributed by atoms with E-state index in [0.717, 1.165) is 42.0 Å². The summed E-state index contributed by atoms with van der Waals surface area (Å²) in [7, 11) is -1.77. The van der Waals surface area contributed by atoms with E-state index in [1.54, 1.807) is 93.6 Å². The predicted octanol–water partition coefficient (Wildman–Crippen LogP) is 17.9. The Kier molecular flexibility index (Phi) is 23.9. The molecule has 28 heteroatoms. The summed E-state index contributed by atoms with van der Waals surface area (Å²) in [4.78, 5) is 24.2. The minimum absolute atomic E-state index is 0.0127. The number of hydrogen-bond acceptors (Lipinski definition) is 7. The fourth-order valence-electron chi connectivity index (χ4n) is 9.20. The first-order valence-corrected chi connectivity index (χ1v) is 28.9. The molecule has 3 atom stereocenters. The van der Waals surface area contributed by atoms with Gasteiger partial charge in [0.2, 0.25) is 0 Å². The van der Waals surface area contributed by atoms with E-state index >= 15 is 0 Å². The topological polar surface area (TPSA) is 141 Å². The molecular weight excluding hydrogens is 1330 g/mol. The first-order chi connectivity index (χ1) is 44.2. The third kappa shape index (κ3) is 19.4. The highest BCUT2D eigenvalue weighted by atomic mass is 35.5. The van der Waals surface area contributed by atoms with Gasteiger partial charge in [-0.2, -0.15) is 72.0 Å². The Hall–Kier alpha value is -9.31. The Morgan fingerprint density at radius 3 is 1.32 bits per heavy atom. The Bertz CT molecular complexity index is 4110. The number of rotatable bonds is 19. The van der Waals surface area contributed by atoms with E-state index in [4.69, 9.17) is 11.6 Å². The first-order valence-electron chi connectivity index (χ1n) is 27.4. The van der Waals surface area contributed by atoms with Gasteiger partial charge in [0.15, 0.2) is 0 Å². The average molecular weight is 1380 g/mol. The highest BCUT2D eigenvalue weighted by Crippen LogP contribution is 2.42. The minimum atomic E-state index is -5.17. The van der Waals surface area contributed by atoms with Gasteiger partial charge in [0.1, 0.15) is 29.0 Å². The molecule has 0 aromatic heterocycles. The number of nitrogens with zero attached hydrogens (tertiary/aromatic N) is 2. The third-order valence-electron chi connectivity index (χ3n) is 13.8. The summed E-state index contributed by atoms with van der Waals surface area (Å²) in [5, 5.41) is 20.2. The maximum atomic E-state index is 15.0. The van der Waals surface area contributed by atoms with E-state index in [1.165, 1.54) is 55.5 Å². The zero-order chi connectivity index (χ0) is 70.6. The second-order valence-electron chi connectivity index (χ2n) is 21.7. The molecule has 8 aromatic rings. The largest absolute Gasteiger partial charge is 0.461 e. The van der Waals surface area contributed by atoms with Crippen LogP contribution in [0.1, 0.15) is 103 Å². The lowest BCUT2D eigenvalue weighted by Gasteiger charge is -2.38. The van der Waals surface area contributed by atoms with Crippen molar-refractivity contribution >= 4 is 33.7 Å². The minimum Gasteiger partial charge on any atom is -0.428 e. The van der Waals surface area contributed by atoms with Crippen LogP contribution in [0.15, 0.2) is 182 Å². The number of hydrogen-bond donors (Lipinski definition) is 2. The van der Waals surface area contributed by atoms with Gasteiger partial charge in [0, 0.05) is 29.7 Å². The van der Waals surface area contributed by atoms with Crippen molar-refractivity contribution < 1.29 is 97.9 Å². The molecule has 95 heavy (non-hydrogen) atoms. The number of nitrogens with one attached hydrogen (secondary N) is 2. The van der Waals surface area contributed by atoms with Crippen LogP contribution in [0.2, 0.25) is 0 Å². The lowest BCUT2D eigenvalue weighted by Crippen LogP contribution is -2.50. The fourth-order valence-corrected chi connectivity index (χ4v) is 10.2. The van der Waals surface area contributed by atoms with Gasteiger partial charge in [0.25, 0.3) is 11.1 Å². The lowest BCUT2D eigenvalue weighted by molar-refractivity contribution is -0.253. The van der Waals surface area contributed by atoms with Gasteiger partial charge < -0.3 is 14.8 Å². The van der Waals surface area contributed by atoms with Crippen molar-refractivity contribution in [2.45, 2.75) is 93.8 Å². The molecule has 0 aliphatic rings. The van der Waals surface area contributed by atoms with E-state index in [9.17, 15) is 99.0 Å². The van der Waals surface area contributed by atoms with Gasteiger partial charge in [-0.1, -0.05) is 91.0 Å². The highest BCUT2D eigenvalue weighted by Gasteiger charge is 2.47. The van der Waals surface area contributed by atoms with Crippen molar-refractivity contribution in [1.82, 2.24) is 10.0 Å². The maximum absolute atomic E-state index is 15.0. The maximum Gasteiger partial charge on any atom is 0.461 e. The van der Waals surface area contributed by atoms with Crippen molar-refractivity contribution in [3.8, 4) is 23.6 Å². The summed E-state index contributed by atoms with van der Waals surface area (Å²) >= 11 is 5.07. The van der Waals surface area contributed by atoms with Gasteiger partial charge >= 0.3 is 37.4 Å². The number of nitriles is 2. The van der Waals surface area contributed by atoms with Crippen LogP contribution in [-0.4, -0.2) is 45.2 Å². The monoisotopic (exact) mass is 1380 g/mol. The molecular formula is C67H50ClF17N4O5S. The summed E-state index contributed by atoms with van der Waals surface area (Å²) in [6.07, 6.45) is -28.2. The van der Waals surface area contributed by atoms with Crippen LogP contribution in [0.5, 0.6) is 11.5 Å². The Morgan fingerprint density at radius 2 is 0.916 bits per heavy atom. The number of alkyl halides is 14. The molecule has 0 saturated heterocycles. The van der Waals surface area contributed by atoms with E-state index in [0.29, 0.717) is 34.9 Å². The van der Waals surface area contributed by atoms with Gasteiger partial charge in [-0.3, -0.25) is 9.59 Å². The lowest BCUT2D eigenvalue weighted by atomic mass is 9.77. The van der Waals surface area contributed by atoms with Gasteiger partial charge in [0.05, 0.1) is 61.2 Å². The number of aryl methyl sites for hydroxylation is 1. The van der Waals surface area contributed by atoms with Gasteiger partial charge in [-0.25, -0.2) is 22.1 Å². The first kappa shape index (κ1) is 74.7. The van der Waals surface area contributed by atoms with E-state index in [1.807, 2.05) is 12.1 Å². The van der Waals surface area contributed by atoms with Gasteiger partial charge in [-0.15, -0.1) is 0 Å². The van der Waals surface area contributed by atoms with Gasteiger partial charge in [-0.05, 0) is 164 Å². The SMILES string of the molecule is CC(C)(C)S(=O)N[C@](Cc1ccccc1)(c1ccc(C#N)cc1)c1cc(F)cc(OC(F)(F)C(F)F)c1.Cc1ccc(C(=O)Cl)cc1C(F)(F)F.N#Cc1ccc([C@@](Cc2ccccc2)(NC(=O)c2ccc(F)c(C(F)(F)F)c2)c2cc(F)cc(OC(F)(F)C(F)F)c2)cc1. The molecule has 8 aromatic carbocycles. The fraction of sp³-hybridized carbons (Fsp3) is 0.224. The molecule has 500 valence electrons. The van der Waals surface area contributed by atoms with Crippen molar-refractivity contribution in [3.63, 3.8) is 0 Å². The Balaban J connectivity index is 0.000000252. The smallest absolute Gasteiger partial charge is 0.428 e. The zero-order valence-electron chi connectivity index (χ0n) is 49.5. The van der Waals surface area contributed by atoms with Crippen LogP contribution in [0.25, 0.3) is 0 Å². The molecule has 0 saturated carbocycles. The van der Waals surface area contributed by atoms with Crippen molar-refractivity contribution in [3.05, 3.63) is 272 Å². The third-order valence-corrected chi connectivity index (χ3v) is 15.7. The van der Waals surface area contributed by atoms with E-state index in [-0.39, 0.29) is 52.3 Å². The summed E-state index contributed by atoms with van der Waals surface area (Å²) in [6, 6.07) is 41.5. The van der Waals surface area contributed by atoms with Crippen molar-refractivity contribution in [2.24, 2.45) is 0 Å². The van der Waals surface area contributed by atoms with E-state index < -0.39 is 121 Å². The molecule has 0 heterocycles. The number of halogens is 18. The molecule has 0 radical (unpaired) electrons. The zero-order valence-corrected chi connectivity index (χ0v) is 51.1. The summed E-state index contributed by atoms with van der Waals surface area (Å²) in [5.74, 6) is -7.01. The van der Waals surface area contributed by atoms with Crippen molar-refractivity contribution in [1.29, 1.82) is 10.5 Å². The Morgan fingerprint density at radius 1 is 0.516 bits per heavy atom. The van der Waals surface area contributed by atoms with Crippen LogP contribution in [0, 0.1) is 47.0 Å². The quantitative estimate of drug-likeness (QED) is 0.0606. The molecule has 0 bridgehead atoms. The summed E-state index contributed by atoms with van der Waals surface area (Å²) in [5.41, 5.74) is -5.01. The van der Waals surface area contributed by atoms with Crippen LogP contribution < -0.4 is 19.5 Å². The summed E-state index contributed by atoms with van der Waals surface area (Å²) in [6.45, 7) is 6.47. The molecule has 9 nitrogen and oxygen atoms in total. The highest BCUT2D eigenvalue weighted by molar-refractivity contribution is 7.84. The normalized spacial score (nSPS) is 13.5. The number of carbonyl (C=O) groups is 2. The molecule has 1 unspecified atom stereocenters. The number of carbonyl (C=O) groups excluding carboxylic acids is 2. The molecule has 1 amide bonds. The molecule has 0 spiro atoms. The second-order valence-corrected chi connectivity index (χ2v) is 24.0. The molecule has 0 fully saturated rings. The van der Waals surface area contributed by atoms with Crippen LogP contribution in [0.4, 0.5) is 74.6 Å². The van der Waals surface area contributed by atoms with Crippen LogP contribution in [0.3, 0.4) is 0 Å². The van der Waals surface area contributed by atoms with Crippen LogP contribution >= 0.6 is 11.6 Å². The van der Waals surface area contributed by atoms with Crippen LogP contribution in [-0.2, 0) is 47.3 Å². The average Bonchev–Trinajstić information content (AvgIpc) is 0.762. The predicted molar refractivity (Wildman–Crippen MR) is 316 cm³/mol.